The lowest BCUT2D eigenvalue weighted by molar-refractivity contribution is -0.189. The Morgan fingerprint density at radius 2 is 1.82 bits per heavy atom. The lowest BCUT2D eigenvalue weighted by atomic mass is 9.88. The number of aryl methyl sites for hydroxylation is 1. The molecule has 1 aromatic heterocycles. The summed E-state index contributed by atoms with van der Waals surface area (Å²) >= 11 is 0. The van der Waals surface area contributed by atoms with Crippen LogP contribution in [0.1, 0.15) is 44.2 Å². The second-order valence-corrected chi connectivity index (χ2v) is 7.15. The van der Waals surface area contributed by atoms with Crippen molar-refractivity contribution in [1.29, 1.82) is 0 Å². The first-order chi connectivity index (χ1) is 13.2. The molecule has 0 saturated carbocycles. The number of fused-ring (bicyclic) bond motifs is 1. The van der Waals surface area contributed by atoms with Crippen LogP contribution in [0.5, 0.6) is 5.88 Å². The SMILES string of the molecule is CCC(C)c1ccc(C)cc1-c1ccc2c(O[C@H](C)C(F)(F)F)nncc2c1. The molecule has 2 atom stereocenters. The smallest absolute Gasteiger partial charge is 0.425 e. The maximum atomic E-state index is 12.8. The molecule has 1 heterocycles. The van der Waals surface area contributed by atoms with E-state index in [1.807, 2.05) is 19.1 Å². The molecule has 0 bridgehead atoms. The highest BCUT2D eigenvalue weighted by molar-refractivity contribution is 5.90. The van der Waals surface area contributed by atoms with Crippen LogP contribution in [-0.4, -0.2) is 22.5 Å². The van der Waals surface area contributed by atoms with Crippen LogP contribution in [0.25, 0.3) is 21.9 Å². The van der Waals surface area contributed by atoms with Gasteiger partial charge >= 0.3 is 6.18 Å². The van der Waals surface area contributed by atoms with E-state index in [9.17, 15) is 13.2 Å². The molecule has 0 spiro atoms. The molecule has 2 aromatic carbocycles. The predicted octanol–water partition coefficient (Wildman–Crippen LogP) is 6.45. The van der Waals surface area contributed by atoms with E-state index in [1.54, 1.807) is 12.3 Å². The van der Waals surface area contributed by atoms with Crippen molar-refractivity contribution in [3.05, 3.63) is 53.7 Å². The van der Waals surface area contributed by atoms with Gasteiger partial charge in [0.05, 0.1) is 6.20 Å². The van der Waals surface area contributed by atoms with Gasteiger partial charge in [-0.3, -0.25) is 0 Å². The van der Waals surface area contributed by atoms with Gasteiger partial charge in [0, 0.05) is 10.8 Å². The monoisotopic (exact) mass is 388 g/mol. The maximum absolute atomic E-state index is 12.8. The highest BCUT2D eigenvalue weighted by Gasteiger charge is 2.38. The molecule has 3 nitrogen and oxygen atoms in total. The molecule has 28 heavy (non-hydrogen) atoms. The Bertz CT molecular complexity index is 985. The summed E-state index contributed by atoms with van der Waals surface area (Å²) in [5.74, 6) is 0.286. The van der Waals surface area contributed by atoms with E-state index in [2.05, 4.69) is 42.2 Å². The van der Waals surface area contributed by atoms with Crippen LogP contribution in [0.4, 0.5) is 13.2 Å². The Morgan fingerprint density at radius 3 is 2.50 bits per heavy atom. The summed E-state index contributed by atoms with van der Waals surface area (Å²) in [4.78, 5) is 0. The minimum absolute atomic E-state index is 0.111. The minimum Gasteiger partial charge on any atom is -0.463 e. The van der Waals surface area contributed by atoms with Gasteiger partial charge < -0.3 is 4.74 Å². The van der Waals surface area contributed by atoms with Gasteiger partial charge in [-0.1, -0.05) is 43.7 Å². The predicted molar refractivity (Wildman–Crippen MR) is 105 cm³/mol. The van der Waals surface area contributed by atoms with Crippen molar-refractivity contribution in [3.63, 3.8) is 0 Å². The fraction of sp³-hybridized carbons (Fsp3) is 0.364. The van der Waals surface area contributed by atoms with Crippen molar-refractivity contribution in [1.82, 2.24) is 10.2 Å². The molecule has 6 heteroatoms. The Labute approximate surface area is 162 Å². The molecule has 0 saturated heterocycles. The zero-order valence-corrected chi connectivity index (χ0v) is 16.3. The van der Waals surface area contributed by atoms with Crippen molar-refractivity contribution in [2.24, 2.45) is 0 Å². The zero-order chi connectivity index (χ0) is 20.5. The summed E-state index contributed by atoms with van der Waals surface area (Å²) in [5, 5.41) is 8.79. The molecule has 0 aliphatic carbocycles. The van der Waals surface area contributed by atoms with Crippen LogP contribution < -0.4 is 4.74 Å². The fourth-order valence-electron chi connectivity index (χ4n) is 3.12. The molecule has 0 radical (unpaired) electrons. The number of ether oxygens (including phenoxy) is 1. The number of rotatable bonds is 5. The summed E-state index contributed by atoms with van der Waals surface area (Å²) in [6.07, 6.45) is -3.86. The second-order valence-electron chi connectivity index (χ2n) is 7.15. The number of hydrogen-bond acceptors (Lipinski definition) is 3. The maximum Gasteiger partial charge on any atom is 0.425 e. The molecule has 0 aliphatic rings. The standard InChI is InChI=1S/C22H23F3N2O/c1-5-14(3)18-8-6-13(2)10-20(18)16-7-9-19-17(11-16)12-26-27-21(19)28-15(4)22(23,24)25/h6-12,14-15H,5H2,1-4H3/t14?,15-/m1/s1. The van der Waals surface area contributed by atoms with Crippen LogP contribution in [0.15, 0.2) is 42.6 Å². The van der Waals surface area contributed by atoms with Gasteiger partial charge in [0.15, 0.2) is 6.10 Å². The number of alkyl halides is 3. The zero-order valence-electron chi connectivity index (χ0n) is 16.3. The average Bonchev–Trinajstić information content (AvgIpc) is 2.66. The van der Waals surface area contributed by atoms with Crippen molar-refractivity contribution in [2.45, 2.75) is 52.3 Å². The van der Waals surface area contributed by atoms with Gasteiger partial charge in [0.25, 0.3) is 0 Å². The first kappa shape index (κ1) is 20.1. The van der Waals surface area contributed by atoms with E-state index in [-0.39, 0.29) is 5.88 Å². The Kier molecular flexibility index (Phi) is 5.59. The molecule has 3 rings (SSSR count). The first-order valence-electron chi connectivity index (χ1n) is 9.30. The summed E-state index contributed by atoms with van der Waals surface area (Å²) in [5.41, 5.74) is 4.52. The minimum atomic E-state index is -4.46. The summed E-state index contributed by atoms with van der Waals surface area (Å²) in [7, 11) is 0. The van der Waals surface area contributed by atoms with E-state index in [4.69, 9.17) is 4.74 Å². The number of hydrogen-bond donors (Lipinski definition) is 0. The van der Waals surface area contributed by atoms with Crippen LogP contribution in [-0.2, 0) is 0 Å². The molecule has 0 aliphatic heterocycles. The molecular weight excluding hydrogens is 365 g/mol. The highest BCUT2D eigenvalue weighted by atomic mass is 19.4. The van der Waals surface area contributed by atoms with Crippen molar-refractivity contribution in [2.75, 3.05) is 0 Å². The number of nitrogens with zero attached hydrogens (tertiary/aromatic N) is 2. The average molecular weight is 388 g/mol. The van der Waals surface area contributed by atoms with Crippen LogP contribution in [0.2, 0.25) is 0 Å². The number of halogens is 3. The largest absolute Gasteiger partial charge is 0.463 e. The molecule has 0 amide bonds. The third kappa shape index (κ3) is 4.11. The second kappa shape index (κ2) is 7.78. The summed E-state index contributed by atoms with van der Waals surface area (Å²) in [6, 6.07) is 12.0. The third-order valence-corrected chi connectivity index (χ3v) is 5.04. The fourth-order valence-corrected chi connectivity index (χ4v) is 3.12. The topological polar surface area (TPSA) is 35.0 Å². The molecule has 3 aromatic rings. The van der Waals surface area contributed by atoms with Gasteiger partial charge in [-0.05, 0) is 55.0 Å². The Hall–Kier alpha value is -2.63. The van der Waals surface area contributed by atoms with E-state index in [0.29, 0.717) is 16.7 Å². The van der Waals surface area contributed by atoms with Gasteiger partial charge in [-0.2, -0.15) is 18.3 Å². The van der Waals surface area contributed by atoms with Gasteiger partial charge in [0.1, 0.15) is 0 Å². The van der Waals surface area contributed by atoms with Gasteiger partial charge in [-0.25, -0.2) is 0 Å². The van der Waals surface area contributed by atoms with E-state index >= 15 is 0 Å². The lowest BCUT2D eigenvalue weighted by Gasteiger charge is -2.18. The van der Waals surface area contributed by atoms with Crippen molar-refractivity contribution in [3.8, 4) is 17.0 Å². The number of aromatic nitrogens is 2. The molecule has 0 N–H and O–H groups in total. The van der Waals surface area contributed by atoms with Gasteiger partial charge in [0.2, 0.25) is 5.88 Å². The summed E-state index contributed by atoms with van der Waals surface area (Å²) < 4.78 is 43.6. The molecule has 0 fully saturated rings. The van der Waals surface area contributed by atoms with E-state index in [0.717, 1.165) is 30.0 Å². The van der Waals surface area contributed by atoms with Gasteiger partial charge in [-0.15, -0.1) is 5.10 Å². The quantitative estimate of drug-likeness (QED) is 0.504. The third-order valence-electron chi connectivity index (χ3n) is 5.04. The normalized spacial score (nSPS) is 14.1. The highest BCUT2D eigenvalue weighted by Crippen LogP contribution is 2.35. The summed E-state index contributed by atoms with van der Waals surface area (Å²) in [6.45, 7) is 7.34. The Balaban J connectivity index is 2.06. The van der Waals surface area contributed by atoms with Crippen LogP contribution in [0.3, 0.4) is 0 Å². The number of benzene rings is 2. The van der Waals surface area contributed by atoms with E-state index < -0.39 is 12.3 Å². The van der Waals surface area contributed by atoms with Crippen LogP contribution in [0, 0.1) is 6.92 Å². The lowest BCUT2D eigenvalue weighted by Crippen LogP contribution is -2.31. The Morgan fingerprint density at radius 1 is 1.07 bits per heavy atom. The molecule has 1 unspecified atom stereocenters. The first-order valence-corrected chi connectivity index (χ1v) is 9.30. The van der Waals surface area contributed by atoms with E-state index in [1.165, 1.54) is 5.56 Å². The van der Waals surface area contributed by atoms with Crippen LogP contribution >= 0.6 is 0 Å². The molecule has 148 valence electrons. The van der Waals surface area contributed by atoms with Crippen molar-refractivity contribution < 1.29 is 17.9 Å². The molecular formula is C22H23F3N2O. The van der Waals surface area contributed by atoms with Crippen molar-refractivity contribution >= 4 is 10.8 Å².